The fraction of sp³-hybridized carbons (Fsp3) is 0.333. The third kappa shape index (κ3) is 1.57. The molecule has 0 aliphatic heterocycles. The van der Waals surface area contributed by atoms with E-state index in [1.54, 1.807) is 7.11 Å². The topological polar surface area (TPSA) is 61.3 Å². The number of para-hydroxylation sites is 1. The highest BCUT2D eigenvalue weighted by molar-refractivity contribution is 5.41. The normalized spacial score (nSPS) is 9.92. The van der Waals surface area contributed by atoms with Crippen molar-refractivity contribution in [2.75, 3.05) is 7.11 Å². The maximum Gasteiger partial charge on any atom is 0.127 e. The van der Waals surface area contributed by atoms with Crippen LogP contribution in [0, 0.1) is 0 Å². The fourth-order valence-electron chi connectivity index (χ4n) is 1.22. The van der Waals surface area contributed by atoms with Gasteiger partial charge < -0.3 is 16.2 Å². The molecule has 4 N–H and O–H groups in total. The van der Waals surface area contributed by atoms with Crippen LogP contribution in [0.25, 0.3) is 0 Å². The van der Waals surface area contributed by atoms with Crippen LogP contribution in [0.5, 0.6) is 5.75 Å². The van der Waals surface area contributed by atoms with E-state index >= 15 is 0 Å². The zero-order valence-corrected chi connectivity index (χ0v) is 7.21. The molecule has 0 unspecified atom stereocenters. The molecule has 66 valence electrons. The van der Waals surface area contributed by atoms with E-state index in [1.807, 2.05) is 18.2 Å². The van der Waals surface area contributed by atoms with Gasteiger partial charge >= 0.3 is 0 Å². The van der Waals surface area contributed by atoms with Crippen LogP contribution in [0.15, 0.2) is 18.2 Å². The van der Waals surface area contributed by atoms with Gasteiger partial charge in [0.15, 0.2) is 0 Å². The second kappa shape index (κ2) is 4.09. The Morgan fingerprint density at radius 2 is 1.67 bits per heavy atom. The number of hydrogen-bond donors (Lipinski definition) is 2. The molecule has 0 amide bonds. The van der Waals surface area contributed by atoms with Crippen LogP contribution in [0.4, 0.5) is 0 Å². The lowest BCUT2D eigenvalue weighted by Gasteiger charge is -2.10. The highest BCUT2D eigenvalue weighted by Crippen LogP contribution is 2.22. The highest BCUT2D eigenvalue weighted by Gasteiger charge is 2.04. The molecular weight excluding hydrogens is 152 g/mol. The lowest BCUT2D eigenvalue weighted by molar-refractivity contribution is 0.405. The quantitative estimate of drug-likeness (QED) is 0.691. The van der Waals surface area contributed by atoms with Crippen molar-refractivity contribution in [2.24, 2.45) is 11.5 Å². The van der Waals surface area contributed by atoms with Crippen LogP contribution in [-0.4, -0.2) is 7.11 Å². The van der Waals surface area contributed by atoms with Gasteiger partial charge in [0.2, 0.25) is 0 Å². The van der Waals surface area contributed by atoms with Gasteiger partial charge in [0.05, 0.1) is 7.11 Å². The van der Waals surface area contributed by atoms with Crippen molar-refractivity contribution >= 4 is 0 Å². The third-order valence-electron chi connectivity index (χ3n) is 1.82. The highest BCUT2D eigenvalue weighted by atomic mass is 16.5. The Morgan fingerprint density at radius 3 is 2.00 bits per heavy atom. The zero-order valence-electron chi connectivity index (χ0n) is 7.21. The van der Waals surface area contributed by atoms with Crippen LogP contribution >= 0.6 is 0 Å². The summed E-state index contributed by atoms with van der Waals surface area (Å²) in [5, 5.41) is 0. The van der Waals surface area contributed by atoms with E-state index in [1.165, 1.54) is 0 Å². The van der Waals surface area contributed by atoms with Gasteiger partial charge in [-0.15, -0.1) is 0 Å². The molecule has 3 nitrogen and oxygen atoms in total. The molecule has 0 aliphatic rings. The summed E-state index contributed by atoms with van der Waals surface area (Å²) in [5.74, 6) is 0.822. The molecule has 0 radical (unpaired) electrons. The van der Waals surface area contributed by atoms with Gasteiger partial charge in [0.1, 0.15) is 5.75 Å². The number of hydrogen-bond acceptors (Lipinski definition) is 3. The van der Waals surface area contributed by atoms with Crippen molar-refractivity contribution in [1.29, 1.82) is 0 Å². The van der Waals surface area contributed by atoms with Crippen LogP contribution in [0.3, 0.4) is 0 Å². The van der Waals surface area contributed by atoms with Gasteiger partial charge in [-0.3, -0.25) is 0 Å². The van der Waals surface area contributed by atoms with Crippen molar-refractivity contribution in [1.82, 2.24) is 0 Å². The zero-order chi connectivity index (χ0) is 8.97. The van der Waals surface area contributed by atoms with E-state index < -0.39 is 0 Å². The standard InChI is InChI=1S/C9H14N2O/c1-12-9-7(5-10)3-2-4-8(9)6-11/h2-4H,5-6,10-11H2,1H3. The van der Waals surface area contributed by atoms with Crippen LogP contribution in [0.1, 0.15) is 11.1 Å². The van der Waals surface area contributed by atoms with E-state index in [4.69, 9.17) is 16.2 Å². The molecule has 0 heterocycles. The molecule has 1 rings (SSSR count). The Kier molecular flexibility index (Phi) is 3.08. The maximum atomic E-state index is 5.53. The van der Waals surface area contributed by atoms with Crippen LogP contribution in [-0.2, 0) is 13.1 Å². The van der Waals surface area contributed by atoms with Crippen molar-refractivity contribution in [3.8, 4) is 5.75 Å². The second-order valence-electron chi connectivity index (χ2n) is 2.52. The molecule has 1 aromatic carbocycles. The fourth-order valence-corrected chi connectivity index (χ4v) is 1.22. The Balaban J connectivity index is 3.13. The molecule has 0 saturated heterocycles. The van der Waals surface area contributed by atoms with Gasteiger partial charge in [0.25, 0.3) is 0 Å². The van der Waals surface area contributed by atoms with Crippen molar-refractivity contribution < 1.29 is 4.74 Å². The van der Waals surface area contributed by atoms with Gasteiger partial charge in [-0.05, 0) is 0 Å². The summed E-state index contributed by atoms with van der Waals surface area (Å²) in [5.41, 5.74) is 13.1. The minimum Gasteiger partial charge on any atom is -0.496 e. The molecule has 0 aliphatic carbocycles. The Morgan fingerprint density at radius 1 is 1.17 bits per heavy atom. The predicted octanol–water partition coefficient (Wildman–Crippen LogP) is 0.613. The smallest absolute Gasteiger partial charge is 0.127 e. The first-order chi connectivity index (χ1) is 5.83. The molecule has 0 fully saturated rings. The maximum absolute atomic E-state index is 5.53. The van der Waals surface area contributed by atoms with Gasteiger partial charge in [-0.1, -0.05) is 18.2 Å². The van der Waals surface area contributed by atoms with Gasteiger partial charge in [-0.2, -0.15) is 0 Å². The SMILES string of the molecule is COc1c(CN)cccc1CN. The first-order valence-electron chi connectivity index (χ1n) is 3.88. The first-order valence-corrected chi connectivity index (χ1v) is 3.88. The van der Waals surface area contributed by atoms with E-state index in [0.717, 1.165) is 16.9 Å². The summed E-state index contributed by atoms with van der Waals surface area (Å²) in [4.78, 5) is 0. The molecular formula is C9H14N2O. The Labute approximate surface area is 72.3 Å². The largest absolute Gasteiger partial charge is 0.496 e. The number of nitrogens with two attached hydrogens (primary N) is 2. The van der Waals surface area contributed by atoms with E-state index in [0.29, 0.717) is 13.1 Å². The molecule has 12 heavy (non-hydrogen) atoms. The average molecular weight is 166 g/mol. The first kappa shape index (κ1) is 9.03. The number of rotatable bonds is 3. The van der Waals surface area contributed by atoms with E-state index in [-0.39, 0.29) is 0 Å². The van der Waals surface area contributed by atoms with Crippen molar-refractivity contribution in [2.45, 2.75) is 13.1 Å². The number of ether oxygens (including phenoxy) is 1. The monoisotopic (exact) mass is 166 g/mol. The summed E-state index contributed by atoms with van der Waals surface area (Å²) in [6.45, 7) is 0.966. The van der Waals surface area contributed by atoms with Crippen LogP contribution < -0.4 is 16.2 Å². The Hall–Kier alpha value is -1.06. The summed E-state index contributed by atoms with van der Waals surface area (Å²) in [6, 6.07) is 5.82. The second-order valence-corrected chi connectivity index (χ2v) is 2.52. The minimum atomic E-state index is 0.483. The van der Waals surface area contributed by atoms with E-state index in [2.05, 4.69) is 0 Å². The molecule has 0 saturated carbocycles. The minimum absolute atomic E-state index is 0.483. The van der Waals surface area contributed by atoms with Crippen molar-refractivity contribution in [3.05, 3.63) is 29.3 Å². The molecule has 0 aromatic heterocycles. The summed E-state index contributed by atoms with van der Waals surface area (Å²) in [7, 11) is 1.63. The summed E-state index contributed by atoms with van der Waals surface area (Å²) in [6.07, 6.45) is 0. The van der Waals surface area contributed by atoms with Crippen molar-refractivity contribution in [3.63, 3.8) is 0 Å². The summed E-state index contributed by atoms with van der Waals surface area (Å²) < 4.78 is 5.20. The summed E-state index contributed by atoms with van der Waals surface area (Å²) >= 11 is 0. The molecule has 0 spiro atoms. The predicted molar refractivity (Wildman–Crippen MR) is 48.8 cm³/mol. The van der Waals surface area contributed by atoms with Gasteiger partial charge in [0, 0.05) is 24.2 Å². The lowest BCUT2D eigenvalue weighted by atomic mass is 10.1. The Bertz CT molecular complexity index is 238. The van der Waals surface area contributed by atoms with Gasteiger partial charge in [-0.25, -0.2) is 0 Å². The third-order valence-corrected chi connectivity index (χ3v) is 1.82. The molecule has 0 atom stereocenters. The molecule has 0 bridgehead atoms. The van der Waals surface area contributed by atoms with Crippen LogP contribution in [0.2, 0.25) is 0 Å². The van der Waals surface area contributed by atoms with E-state index in [9.17, 15) is 0 Å². The number of benzene rings is 1. The molecule has 1 aromatic rings. The average Bonchev–Trinajstić information content (AvgIpc) is 2.16. The lowest BCUT2D eigenvalue weighted by Crippen LogP contribution is -2.05. The number of methoxy groups -OCH3 is 1. The molecule has 3 heteroatoms.